The predicted molar refractivity (Wildman–Crippen MR) is 135 cm³/mol. The van der Waals surface area contributed by atoms with Gasteiger partial charge in [-0.25, -0.2) is 0 Å². The minimum atomic E-state index is -4.38. The Morgan fingerprint density at radius 1 is 1.08 bits per heavy atom. The number of anilines is 1. The van der Waals surface area contributed by atoms with Crippen molar-refractivity contribution in [3.05, 3.63) is 60.0 Å². The van der Waals surface area contributed by atoms with Crippen molar-refractivity contribution in [3.63, 3.8) is 0 Å². The summed E-state index contributed by atoms with van der Waals surface area (Å²) >= 11 is 0. The van der Waals surface area contributed by atoms with Crippen LogP contribution in [0.25, 0.3) is 11.4 Å². The number of piperazine rings is 1. The van der Waals surface area contributed by atoms with Gasteiger partial charge in [0.15, 0.2) is 0 Å². The van der Waals surface area contributed by atoms with Crippen LogP contribution in [-0.4, -0.2) is 72.2 Å². The SMILES string of the molecule is COc1ccc(-c2noc(CN3CCCC(C(=O)N4CCN(c5cccc(C(F)(F)F)c5)CC4)C3)n2)cc1. The number of likely N-dealkylation sites (tertiary alicyclic amines) is 1. The van der Waals surface area contributed by atoms with E-state index >= 15 is 0 Å². The van der Waals surface area contributed by atoms with Gasteiger partial charge in [-0.3, -0.25) is 9.69 Å². The van der Waals surface area contributed by atoms with E-state index in [0.29, 0.717) is 56.7 Å². The molecule has 8 nitrogen and oxygen atoms in total. The van der Waals surface area contributed by atoms with Crippen molar-refractivity contribution >= 4 is 11.6 Å². The van der Waals surface area contributed by atoms with Crippen LogP contribution in [0.1, 0.15) is 24.3 Å². The maximum atomic E-state index is 13.3. The molecule has 1 aromatic heterocycles. The summed E-state index contributed by atoms with van der Waals surface area (Å²) in [5, 5.41) is 4.09. The second-order valence-electron chi connectivity index (χ2n) is 9.67. The molecule has 2 fully saturated rings. The zero-order valence-electron chi connectivity index (χ0n) is 21.2. The first-order chi connectivity index (χ1) is 18.3. The zero-order chi connectivity index (χ0) is 26.7. The minimum absolute atomic E-state index is 0.0999. The number of hydrogen-bond acceptors (Lipinski definition) is 7. The van der Waals surface area contributed by atoms with E-state index in [1.165, 1.54) is 12.1 Å². The number of rotatable bonds is 6. The maximum Gasteiger partial charge on any atom is 0.416 e. The number of alkyl halides is 3. The van der Waals surface area contributed by atoms with Crippen LogP contribution in [0.4, 0.5) is 18.9 Å². The Labute approximate surface area is 219 Å². The fourth-order valence-corrected chi connectivity index (χ4v) is 5.09. The molecule has 1 unspecified atom stereocenters. The third-order valence-electron chi connectivity index (χ3n) is 7.16. The van der Waals surface area contributed by atoms with Gasteiger partial charge in [0.1, 0.15) is 5.75 Å². The van der Waals surface area contributed by atoms with Crippen LogP contribution in [-0.2, 0) is 17.5 Å². The molecule has 0 spiro atoms. The number of piperidine rings is 1. The first kappa shape index (κ1) is 26.0. The molecule has 2 aliphatic heterocycles. The molecular formula is C27H30F3N5O3. The van der Waals surface area contributed by atoms with E-state index in [4.69, 9.17) is 9.26 Å². The molecule has 1 atom stereocenters. The van der Waals surface area contributed by atoms with E-state index in [1.807, 2.05) is 34.1 Å². The molecule has 3 heterocycles. The summed E-state index contributed by atoms with van der Waals surface area (Å²) in [4.78, 5) is 23.7. The highest BCUT2D eigenvalue weighted by atomic mass is 19.4. The number of carbonyl (C=O) groups is 1. The van der Waals surface area contributed by atoms with Gasteiger partial charge in [0.25, 0.3) is 0 Å². The van der Waals surface area contributed by atoms with Gasteiger partial charge >= 0.3 is 6.18 Å². The standard InChI is InChI=1S/C27H30F3N5O3/c1-37-23-9-7-19(8-10-23)25-31-24(38-32-25)18-33-11-3-4-20(17-33)26(36)35-14-12-34(13-15-35)22-6-2-5-21(16-22)27(28,29)30/h2,5-10,16,20H,3-4,11-15,17-18H2,1H3. The number of ether oxygens (including phenoxy) is 1. The molecule has 38 heavy (non-hydrogen) atoms. The molecular weight excluding hydrogens is 499 g/mol. The second-order valence-corrected chi connectivity index (χ2v) is 9.67. The van der Waals surface area contributed by atoms with E-state index in [9.17, 15) is 18.0 Å². The number of halogens is 3. The van der Waals surface area contributed by atoms with Crippen LogP contribution in [0.15, 0.2) is 53.1 Å². The van der Waals surface area contributed by atoms with Crippen molar-refractivity contribution in [2.75, 3.05) is 51.3 Å². The van der Waals surface area contributed by atoms with Crippen molar-refractivity contribution in [1.82, 2.24) is 19.9 Å². The Hall–Kier alpha value is -3.60. The molecule has 3 aromatic rings. The molecule has 5 rings (SSSR count). The van der Waals surface area contributed by atoms with Crippen LogP contribution in [0, 0.1) is 5.92 Å². The van der Waals surface area contributed by atoms with Gasteiger partial charge in [-0.1, -0.05) is 11.2 Å². The van der Waals surface area contributed by atoms with Crippen molar-refractivity contribution in [2.45, 2.75) is 25.6 Å². The molecule has 1 amide bonds. The molecule has 0 radical (unpaired) electrons. The van der Waals surface area contributed by atoms with Crippen LogP contribution in [0.2, 0.25) is 0 Å². The fourth-order valence-electron chi connectivity index (χ4n) is 5.09. The van der Waals surface area contributed by atoms with E-state index < -0.39 is 11.7 Å². The number of methoxy groups -OCH3 is 1. The van der Waals surface area contributed by atoms with Gasteiger partial charge in [0, 0.05) is 44.0 Å². The monoisotopic (exact) mass is 529 g/mol. The molecule has 2 saturated heterocycles. The lowest BCUT2D eigenvalue weighted by Crippen LogP contribution is -2.52. The van der Waals surface area contributed by atoms with Gasteiger partial charge in [0.05, 0.1) is 25.1 Å². The molecule has 0 saturated carbocycles. The Morgan fingerprint density at radius 3 is 2.55 bits per heavy atom. The number of hydrogen-bond donors (Lipinski definition) is 0. The molecule has 202 valence electrons. The average Bonchev–Trinajstić information content (AvgIpc) is 3.41. The molecule has 0 aliphatic carbocycles. The highest BCUT2D eigenvalue weighted by Crippen LogP contribution is 2.32. The lowest BCUT2D eigenvalue weighted by atomic mass is 9.96. The lowest BCUT2D eigenvalue weighted by molar-refractivity contribution is -0.138. The lowest BCUT2D eigenvalue weighted by Gasteiger charge is -2.39. The Morgan fingerprint density at radius 2 is 1.84 bits per heavy atom. The number of carbonyl (C=O) groups excluding carboxylic acids is 1. The van der Waals surface area contributed by atoms with Crippen molar-refractivity contribution in [1.29, 1.82) is 0 Å². The smallest absolute Gasteiger partial charge is 0.416 e. The number of aromatic nitrogens is 2. The zero-order valence-corrected chi connectivity index (χ0v) is 21.2. The van der Waals surface area contributed by atoms with Gasteiger partial charge in [-0.2, -0.15) is 18.2 Å². The average molecular weight is 530 g/mol. The fraction of sp³-hybridized carbons (Fsp3) is 0.444. The second kappa shape index (κ2) is 11.0. The van der Waals surface area contributed by atoms with Crippen molar-refractivity contribution in [2.24, 2.45) is 5.92 Å². The summed E-state index contributed by atoms with van der Waals surface area (Å²) < 4.78 is 49.9. The highest BCUT2D eigenvalue weighted by Gasteiger charge is 2.33. The normalized spacial score (nSPS) is 19.0. The first-order valence-corrected chi connectivity index (χ1v) is 12.7. The number of benzene rings is 2. The largest absolute Gasteiger partial charge is 0.497 e. The molecule has 2 aliphatic rings. The summed E-state index contributed by atoms with van der Waals surface area (Å²) in [7, 11) is 1.61. The minimum Gasteiger partial charge on any atom is -0.497 e. The topological polar surface area (TPSA) is 74.9 Å². The Bertz CT molecular complexity index is 1240. The van der Waals surface area contributed by atoms with E-state index in [1.54, 1.807) is 13.2 Å². The molecule has 2 aromatic carbocycles. The third kappa shape index (κ3) is 5.93. The Balaban J connectivity index is 1.14. The quantitative estimate of drug-likeness (QED) is 0.471. The third-order valence-corrected chi connectivity index (χ3v) is 7.16. The molecule has 11 heteroatoms. The molecule has 0 bridgehead atoms. The number of amides is 1. The summed E-state index contributed by atoms with van der Waals surface area (Å²) in [6.07, 6.45) is -2.68. The summed E-state index contributed by atoms with van der Waals surface area (Å²) in [5.41, 5.74) is 0.703. The van der Waals surface area contributed by atoms with Crippen molar-refractivity contribution < 1.29 is 27.2 Å². The summed E-state index contributed by atoms with van der Waals surface area (Å²) in [6, 6.07) is 12.8. The maximum absolute atomic E-state index is 13.3. The molecule has 0 N–H and O–H groups in total. The van der Waals surface area contributed by atoms with Gasteiger partial charge in [-0.15, -0.1) is 0 Å². The van der Waals surface area contributed by atoms with E-state index in [2.05, 4.69) is 15.0 Å². The van der Waals surface area contributed by atoms with Crippen LogP contribution >= 0.6 is 0 Å². The van der Waals surface area contributed by atoms with Crippen LogP contribution in [0.3, 0.4) is 0 Å². The van der Waals surface area contributed by atoms with Crippen LogP contribution < -0.4 is 9.64 Å². The predicted octanol–water partition coefficient (Wildman–Crippen LogP) is 4.32. The van der Waals surface area contributed by atoms with Crippen LogP contribution in [0.5, 0.6) is 5.75 Å². The van der Waals surface area contributed by atoms with Crippen molar-refractivity contribution in [3.8, 4) is 17.1 Å². The number of nitrogens with zero attached hydrogens (tertiary/aromatic N) is 5. The van der Waals surface area contributed by atoms with Gasteiger partial charge in [-0.05, 0) is 61.9 Å². The van der Waals surface area contributed by atoms with E-state index in [-0.39, 0.29) is 11.8 Å². The summed E-state index contributed by atoms with van der Waals surface area (Å²) in [5.74, 6) is 1.72. The highest BCUT2D eigenvalue weighted by molar-refractivity contribution is 5.79. The van der Waals surface area contributed by atoms with E-state index in [0.717, 1.165) is 36.8 Å². The first-order valence-electron chi connectivity index (χ1n) is 12.7. The summed E-state index contributed by atoms with van der Waals surface area (Å²) in [6.45, 7) is 3.89. The van der Waals surface area contributed by atoms with Gasteiger partial charge in [0.2, 0.25) is 17.6 Å². The Kier molecular flexibility index (Phi) is 7.55. The van der Waals surface area contributed by atoms with Gasteiger partial charge < -0.3 is 19.1 Å².